The number of ether oxygens (including phenoxy) is 4. The van der Waals surface area contributed by atoms with Crippen LogP contribution in [-0.4, -0.2) is 42.1 Å². The van der Waals surface area contributed by atoms with Gasteiger partial charge in [0.2, 0.25) is 6.29 Å². The van der Waals surface area contributed by atoms with E-state index in [-0.39, 0.29) is 23.1 Å². The lowest BCUT2D eigenvalue weighted by molar-refractivity contribution is -0.160. The molecule has 3 aliphatic heterocycles. The molecule has 2 saturated heterocycles. The molecule has 6 heteroatoms. The van der Waals surface area contributed by atoms with Gasteiger partial charge in [-0.1, -0.05) is 13.8 Å². The summed E-state index contributed by atoms with van der Waals surface area (Å²) < 4.78 is 23.5. The second kappa shape index (κ2) is 5.74. The van der Waals surface area contributed by atoms with Crippen molar-refractivity contribution in [1.82, 2.24) is 0 Å². The van der Waals surface area contributed by atoms with Crippen molar-refractivity contribution in [3.05, 3.63) is 12.2 Å². The number of carbonyl (C=O) groups excluding carboxylic acids is 2. The monoisotopic (exact) mass is 428 g/mol. The van der Waals surface area contributed by atoms with Gasteiger partial charge >= 0.3 is 5.97 Å². The van der Waals surface area contributed by atoms with Crippen LogP contribution in [0.5, 0.6) is 0 Å². The molecule has 1 spiro atoms. The first-order chi connectivity index (χ1) is 14.9. The van der Waals surface area contributed by atoms with Crippen LogP contribution < -0.4 is 0 Å². The first-order valence-corrected chi connectivity index (χ1v) is 12.2. The van der Waals surface area contributed by atoms with Crippen LogP contribution >= 0.6 is 0 Å². The van der Waals surface area contributed by atoms with Crippen molar-refractivity contribution in [1.29, 1.82) is 0 Å². The zero-order valence-electron chi connectivity index (χ0n) is 18.4. The molecular weight excluding hydrogens is 396 g/mol. The molecule has 31 heavy (non-hydrogen) atoms. The predicted octanol–water partition coefficient (Wildman–Crippen LogP) is 3.53. The van der Waals surface area contributed by atoms with Crippen LogP contribution in [0.15, 0.2) is 12.2 Å². The molecule has 7 aliphatic rings. The lowest BCUT2D eigenvalue weighted by Gasteiger charge is -2.61. The zero-order chi connectivity index (χ0) is 21.2. The topological polar surface area (TPSA) is 77.7 Å². The average Bonchev–Trinajstić information content (AvgIpc) is 3.63. The van der Waals surface area contributed by atoms with E-state index in [1.54, 1.807) is 6.08 Å². The first kappa shape index (κ1) is 19.1. The van der Waals surface area contributed by atoms with Gasteiger partial charge in [0.05, 0.1) is 6.10 Å². The SMILES string of the molecule is C[C@]12CC[C@H](OC=O)C[C@H]1CCC1C2CC[C@]2(C)[C@@H](C34C=CC(=O)OC3O4)CC3OC312. The Hall–Kier alpha value is -1.40. The van der Waals surface area contributed by atoms with Gasteiger partial charge in [0, 0.05) is 17.4 Å². The normalized spacial score (nSPS) is 60.5. The molecule has 0 amide bonds. The van der Waals surface area contributed by atoms with E-state index in [4.69, 9.17) is 18.9 Å². The first-order valence-electron chi connectivity index (χ1n) is 12.2. The molecule has 0 aromatic carbocycles. The van der Waals surface area contributed by atoms with Crippen molar-refractivity contribution >= 4 is 12.4 Å². The lowest BCUT2D eigenvalue weighted by atomic mass is 9.43. The molecule has 6 unspecified atom stereocenters. The third kappa shape index (κ3) is 2.12. The minimum Gasteiger partial charge on any atom is -0.465 e. The van der Waals surface area contributed by atoms with Crippen LogP contribution in [0.1, 0.15) is 65.2 Å². The molecule has 0 radical (unpaired) electrons. The van der Waals surface area contributed by atoms with E-state index in [9.17, 15) is 9.59 Å². The third-order valence-electron chi connectivity index (χ3n) is 11.2. The third-order valence-corrected chi connectivity index (χ3v) is 11.2. The fraction of sp³-hybridized carbons (Fsp3) is 0.840. The van der Waals surface area contributed by atoms with Crippen molar-refractivity contribution < 1.29 is 28.5 Å². The van der Waals surface area contributed by atoms with E-state index in [1.165, 1.54) is 19.3 Å². The Bertz CT molecular complexity index is 885. The number of epoxide rings is 2. The highest BCUT2D eigenvalue weighted by Crippen LogP contribution is 2.79. The standard InChI is InChI=1S/C25H32O6/c1-22-8-5-15(28-13-26)11-14(22)3-4-17-16(22)6-9-23(2)18(12-19-25(17,23)30-19)24-10-7-20(27)29-21(24)31-24/h7,10,13-19,21H,3-6,8-9,11-12H2,1-2H3/t14-,15+,16?,17?,18+,19?,21?,22+,23-,24?,25?/m1/s1. The summed E-state index contributed by atoms with van der Waals surface area (Å²) >= 11 is 0. The zero-order valence-corrected chi connectivity index (χ0v) is 18.4. The van der Waals surface area contributed by atoms with Crippen molar-refractivity contribution in [2.75, 3.05) is 0 Å². The number of carbonyl (C=O) groups is 2. The van der Waals surface area contributed by atoms with Gasteiger partial charge in [0.25, 0.3) is 6.47 Å². The lowest BCUT2D eigenvalue weighted by Crippen LogP contribution is -2.59. The Kier molecular flexibility index (Phi) is 3.54. The average molecular weight is 429 g/mol. The van der Waals surface area contributed by atoms with Gasteiger partial charge in [-0.05, 0) is 80.6 Å². The van der Waals surface area contributed by atoms with Crippen molar-refractivity contribution in [3.63, 3.8) is 0 Å². The molecular formula is C25H32O6. The van der Waals surface area contributed by atoms with E-state index in [2.05, 4.69) is 13.8 Å². The maximum absolute atomic E-state index is 11.7. The smallest absolute Gasteiger partial charge is 0.332 e. The molecule has 7 rings (SSSR count). The largest absolute Gasteiger partial charge is 0.465 e. The highest BCUT2D eigenvalue weighted by molar-refractivity contribution is 5.84. The highest BCUT2D eigenvalue weighted by Gasteiger charge is 2.85. The number of hydrogen-bond acceptors (Lipinski definition) is 6. The van der Waals surface area contributed by atoms with E-state index in [0.29, 0.717) is 41.7 Å². The van der Waals surface area contributed by atoms with Gasteiger partial charge in [-0.2, -0.15) is 0 Å². The molecule has 4 saturated carbocycles. The summed E-state index contributed by atoms with van der Waals surface area (Å²) in [7, 11) is 0. The van der Waals surface area contributed by atoms with Crippen LogP contribution in [0.25, 0.3) is 0 Å². The van der Waals surface area contributed by atoms with Crippen LogP contribution in [0.4, 0.5) is 0 Å². The molecule has 3 heterocycles. The Morgan fingerprint density at radius 3 is 2.74 bits per heavy atom. The van der Waals surface area contributed by atoms with Gasteiger partial charge in [0.1, 0.15) is 11.7 Å². The van der Waals surface area contributed by atoms with Gasteiger partial charge in [-0.15, -0.1) is 0 Å². The molecule has 0 N–H and O–H groups in total. The van der Waals surface area contributed by atoms with Gasteiger partial charge in [0.15, 0.2) is 5.60 Å². The van der Waals surface area contributed by atoms with Crippen LogP contribution in [0.3, 0.4) is 0 Å². The van der Waals surface area contributed by atoms with Gasteiger partial charge in [-0.3, -0.25) is 4.79 Å². The Labute approximate surface area is 183 Å². The molecule has 0 bridgehead atoms. The molecule has 6 fully saturated rings. The minimum absolute atomic E-state index is 0.0365. The second-order valence-corrected chi connectivity index (χ2v) is 11.8. The summed E-state index contributed by atoms with van der Waals surface area (Å²) in [6.07, 6.45) is 12.5. The highest BCUT2D eigenvalue weighted by atomic mass is 16.8. The maximum atomic E-state index is 11.7. The molecule has 11 atom stereocenters. The summed E-state index contributed by atoms with van der Waals surface area (Å²) in [4.78, 5) is 22.5. The predicted molar refractivity (Wildman–Crippen MR) is 108 cm³/mol. The Morgan fingerprint density at radius 2 is 1.94 bits per heavy atom. The van der Waals surface area contributed by atoms with Gasteiger partial charge in [-0.25, -0.2) is 4.79 Å². The van der Waals surface area contributed by atoms with Crippen molar-refractivity contribution in [3.8, 4) is 0 Å². The van der Waals surface area contributed by atoms with Crippen LogP contribution in [0, 0.1) is 34.5 Å². The van der Waals surface area contributed by atoms with E-state index in [1.807, 2.05) is 6.08 Å². The second-order valence-electron chi connectivity index (χ2n) is 11.8. The van der Waals surface area contributed by atoms with Crippen LogP contribution in [-0.2, 0) is 28.5 Å². The fourth-order valence-electron chi connectivity index (χ4n) is 9.63. The number of fused-ring (bicyclic) bond motifs is 4. The molecule has 4 aliphatic carbocycles. The molecule has 6 nitrogen and oxygen atoms in total. The van der Waals surface area contributed by atoms with Gasteiger partial charge < -0.3 is 18.9 Å². The van der Waals surface area contributed by atoms with E-state index >= 15 is 0 Å². The Balaban J connectivity index is 1.19. The van der Waals surface area contributed by atoms with E-state index in [0.717, 1.165) is 32.1 Å². The van der Waals surface area contributed by atoms with Crippen molar-refractivity contribution in [2.24, 2.45) is 34.5 Å². The summed E-state index contributed by atoms with van der Waals surface area (Å²) in [5, 5.41) is 0. The fourth-order valence-corrected chi connectivity index (χ4v) is 9.63. The summed E-state index contributed by atoms with van der Waals surface area (Å²) in [5.41, 5.74) is -0.0912. The Morgan fingerprint density at radius 1 is 1.06 bits per heavy atom. The van der Waals surface area contributed by atoms with Crippen LogP contribution in [0.2, 0.25) is 0 Å². The van der Waals surface area contributed by atoms with Crippen molar-refractivity contribution in [2.45, 2.75) is 94.9 Å². The molecule has 0 aromatic rings. The van der Waals surface area contributed by atoms with E-state index < -0.39 is 11.9 Å². The number of rotatable bonds is 3. The minimum atomic E-state index is -0.426. The molecule has 168 valence electrons. The number of hydrogen-bond donors (Lipinski definition) is 0. The summed E-state index contributed by atoms with van der Waals surface area (Å²) in [6.45, 7) is 5.58. The quantitative estimate of drug-likeness (QED) is 0.389. The number of esters is 1. The summed E-state index contributed by atoms with van der Waals surface area (Å²) in [6, 6.07) is 0. The molecule has 0 aromatic heterocycles. The maximum Gasteiger partial charge on any atom is 0.332 e. The summed E-state index contributed by atoms with van der Waals surface area (Å²) in [5.74, 6) is 1.96.